The van der Waals surface area contributed by atoms with Crippen LogP contribution in [-0.4, -0.2) is 11.2 Å². The molecule has 0 saturated heterocycles. The third-order valence-electron chi connectivity index (χ3n) is 3.78. The Morgan fingerprint density at radius 1 is 0.958 bits per heavy atom. The Labute approximate surface area is 146 Å². The van der Waals surface area contributed by atoms with Crippen LogP contribution < -0.4 is 4.74 Å². The molecule has 0 bridgehead atoms. The number of rotatable bonds is 6. The molecule has 0 N–H and O–H groups in total. The van der Waals surface area contributed by atoms with Crippen LogP contribution >= 0.6 is 11.8 Å². The molecule has 0 spiro atoms. The molecule has 3 aromatic rings. The maximum Gasteiger partial charge on any atom is 0.312 e. The minimum atomic E-state index is -0.182. The number of hydrogen-bond donors (Lipinski definition) is 0. The highest BCUT2D eigenvalue weighted by Crippen LogP contribution is 2.23. The fraction of sp³-hybridized carbons (Fsp3) is 0.190. The van der Waals surface area contributed by atoms with Gasteiger partial charge in [-0.05, 0) is 28.5 Å². The van der Waals surface area contributed by atoms with E-state index in [2.05, 4.69) is 19.1 Å². The SMILES string of the molecule is C[C@@H](CC(=O)Oc1ccc2ccccc2c1)SCc1ccccc1. The van der Waals surface area contributed by atoms with Crippen LogP contribution in [0.25, 0.3) is 10.8 Å². The van der Waals surface area contributed by atoms with Gasteiger partial charge in [-0.3, -0.25) is 4.79 Å². The Kier molecular flexibility index (Phi) is 5.55. The van der Waals surface area contributed by atoms with Gasteiger partial charge in [0.25, 0.3) is 0 Å². The van der Waals surface area contributed by atoms with Gasteiger partial charge in [0, 0.05) is 11.0 Å². The molecule has 2 nitrogen and oxygen atoms in total. The Bertz CT molecular complexity index is 814. The van der Waals surface area contributed by atoms with Gasteiger partial charge in [-0.1, -0.05) is 67.6 Å². The maximum atomic E-state index is 12.1. The fourth-order valence-corrected chi connectivity index (χ4v) is 3.43. The summed E-state index contributed by atoms with van der Waals surface area (Å²) in [6, 6.07) is 24.1. The van der Waals surface area contributed by atoms with E-state index in [0.717, 1.165) is 16.5 Å². The summed E-state index contributed by atoms with van der Waals surface area (Å²) in [5.41, 5.74) is 1.28. The second-order valence-corrected chi connectivity index (χ2v) is 7.22. The van der Waals surface area contributed by atoms with Gasteiger partial charge >= 0.3 is 5.97 Å². The van der Waals surface area contributed by atoms with Gasteiger partial charge in [-0.15, -0.1) is 0 Å². The van der Waals surface area contributed by atoms with Gasteiger partial charge in [0.05, 0.1) is 6.42 Å². The van der Waals surface area contributed by atoms with E-state index < -0.39 is 0 Å². The number of esters is 1. The Morgan fingerprint density at radius 3 is 2.46 bits per heavy atom. The van der Waals surface area contributed by atoms with Crippen molar-refractivity contribution in [1.29, 1.82) is 0 Å². The minimum Gasteiger partial charge on any atom is -0.426 e. The summed E-state index contributed by atoms with van der Waals surface area (Å²) in [4.78, 5) is 12.1. The zero-order chi connectivity index (χ0) is 16.8. The van der Waals surface area contributed by atoms with Crippen LogP contribution in [0, 0.1) is 0 Å². The summed E-state index contributed by atoms with van der Waals surface area (Å²) in [6.45, 7) is 2.06. The molecule has 3 rings (SSSR count). The molecule has 122 valence electrons. The first-order valence-electron chi connectivity index (χ1n) is 8.06. The lowest BCUT2D eigenvalue weighted by atomic mass is 10.1. The van der Waals surface area contributed by atoms with Crippen LogP contribution in [-0.2, 0) is 10.5 Å². The van der Waals surface area contributed by atoms with E-state index in [-0.39, 0.29) is 11.2 Å². The first kappa shape index (κ1) is 16.6. The van der Waals surface area contributed by atoms with Crippen molar-refractivity contribution < 1.29 is 9.53 Å². The lowest BCUT2D eigenvalue weighted by molar-refractivity contribution is -0.134. The second kappa shape index (κ2) is 8.02. The molecular formula is C21H20O2S. The average molecular weight is 336 g/mol. The molecule has 24 heavy (non-hydrogen) atoms. The van der Waals surface area contributed by atoms with Crippen LogP contribution in [0.2, 0.25) is 0 Å². The van der Waals surface area contributed by atoms with E-state index in [1.54, 1.807) is 11.8 Å². The standard InChI is InChI=1S/C21H20O2S/c1-16(24-15-17-7-3-2-4-8-17)13-21(22)23-20-12-11-18-9-5-6-10-19(18)14-20/h2-12,14,16H,13,15H2,1H3/t16-/m0/s1. The molecule has 0 aliphatic rings. The lowest BCUT2D eigenvalue weighted by Crippen LogP contribution is -2.13. The zero-order valence-electron chi connectivity index (χ0n) is 13.6. The maximum absolute atomic E-state index is 12.1. The van der Waals surface area contributed by atoms with Gasteiger partial charge in [0.2, 0.25) is 0 Å². The van der Waals surface area contributed by atoms with E-state index in [1.807, 2.05) is 60.7 Å². The topological polar surface area (TPSA) is 26.3 Å². The molecule has 1 atom stereocenters. The van der Waals surface area contributed by atoms with E-state index in [4.69, 9.17) is 4.74 Å². The quantitative estimate of drug-likeness (QED) is 0.442. The van der Waals surface area contributed by atoms with Crippen LogP contribution in [0.5, 0.6) is 5.75 Å². The summed E-state index contributed by atoms with van der Waals surface area (Å²) in [5.74, 6) is 1.34. The van der Waals surface area contributed by atoms with Crippen molar-refractivity contribution in [3.63, 3.8) is 0 Å². The first-order chi connectivity index (χ1) is 11.7. The summed E-state index contributed by atoms with van der Waals surface area (Å²) >= 11 is 1.77. The normalized spacial score (nSPS) is 12.0. The van der Waals surface area contributed by atoms with Crippen LogP contribution in [0.1, 0.15) is 18.9 Å². The number of carbonyl (C=O) groups is 1. The molecule has 3 aromatic carbocycles. The van der Waals surface area contributed by atoms with E-state index in [9.17, 15) is 4.79 Å². The molecule has 0 saturated carbocycles. The van der Waals surface area contributed by atoms with Crippen LogP contribution in [0.4, 0.5) is 0 Å². The van der Waals surface area contributed by atoms with E-state index in [0.29, 0.717) is 12.2 Å². The van der Waals surface area contributed by atoms with E-state index in [1.165, 1.54) is 5.56 Å². The van der Waals surface area contributed by atoms with E-state index >= 15 is 0 Å². The van der Waals surface area contributed by atoms with Gasteiger partial charge in [0.15, 0.2) is 0 Å². The Morgan fingerprint density at radius 2 is 1.67 bits per heavy atom. The summed E-state index contributed by atoms with van der Waals surface area (Å²) in [7, 11) is 0. The molecule has 0 unspecified atom stereocenters. The highest BCUT2D eigenvalue weighted by atomic mass is 32.2. The highest BCUT2D eigenvalue weighted by Gasteiger charge is 2.12. The van der Waals surface area contributed by atoms with Crippen molar-refractivity contribution in [2.75, 3.05) is 0 Å². The fourth-order valence-electron chi connectivity index (χ4n) is 2.51. The third-order valence-corrected chi connectivity index (χ3v) is 5.02. The van der Waals surface area contributed by atoms with Crippen molar-refractivity contribution >= 4 is 28.5 Å². The Hall–Kier alpha value is -2.26. The average Bonchev–Trinajstić information content (AvgIpc) is 2.60. The van der Waals surface area contributed by atoms with Gasteiger partial charge < -0.3 is 4.74 Å². The number of fused-ring (bicyclic) bond motifs is 1. The molecule has 3 heteroatoms. The van der Waals surface area contributed by atoms with Crippen molar-refractivity contribution in [2.24, 2.45) is 0 Å². The largest absolute Gasteiger partial charge is 0.426 e. The number of ether oxygens (including phenoxy) is 1. The van der Waals surface area contributed by atoms with Crippen molar-refractivity contribution in [3.05, 3.63) is 78.4 Å². The first-order valence-corrected chi connectivity index (χ1v) is 9.10. The molecule has 0 radical (unpaired) electrons. The summed E-state index contributed by atoms with van der Waals surface area (Å²) in [5, 5.41) is 2.44. The van der Waals surface area contributed by atoms with Gasteiger partial charge in [-0.25, -0.2) is 0 Å². The Balaban J connectivity index is 1.52. The zero-order valence-corrected chi connectivity index (χ0v) is 14.5. The van der Waals surface area contributed by atoms with Crippen molar-refractivity contribution in [3.8, 4) is 5.75 Å². The monoisotopic (exact) mass is 336 g/mol. The summed E-state index contributed by atoms with van der Waals surface area (Å²) < 4.78 is 5.49. The predicted molar refractivity (Wildman–Crippen MR) is 101 cm³/mol. The molecule has 0 aliphatic carbocycles. The molecule has 0 fully saturated rings. The van der Waals surface area contributed by atoms with Crippen molar-refractivity contribution in [1.82, 2.24) is 0 Å². The van der Waals surface area contributed by atoms with Gasteiger partial charge in [0.1, 0.15) is 5.75 Å². The number of hydrogen-bond acceptors (Lipinski definition) is 3. The minimum absolute atomic E-state index is 0.182. The third kappa shape index (κ3) is 4.62. The van der Waals surface area contributed by atoms with Crippen LogP contribution in [0.15, 0.2) is 72.8 Å². The summed E-state index contributed by atoms with van der Waals surface area (Å²) in [6.07, 6.45) is 0.407. The molecule has 0 aromatic heterocycles. The molecule has 0 heterocycles. The second-order valence-electron chi connectivity index (χ2n) is 5.79. The lowest BCUT2D eigenvalue weighted by Gasteiger charge is -2.11. The molecular weight excluding hydrogens is 316 g/mol. The number of benzene rings is 3. The molecule has 0 aliphatic heterocycles. The van der Waals surface area contributed by atoms with Crippen LogP contribution in [0.3, 0.4) is 0 Å². The van der Waals surface area contributed by atoms with Gasteiger partial charge in [-0.2, -0.15) is 11.8 Å². The predicted octanol–water partition coefficient (Wildman–Crippen LogP) is 5.46. The number of thioether (sulfide) groups is 1. The smallest absolute Gasteiger partial charge is 0.312 e. The number of carbonyl (C=O) groups excluding carboxylic acids is 1. The highest BCUT2D eigenvalue weighted by molar-refractivity contribution is 7.99. The molecule has 0 amide bonds. The van der Waals surface area contributed by atoms with Crippen molar-refractivity contribution in [2.45, 2.75) is 24.3 Å².